The van der Waals surface area contributed by atoms with Gasteiger partial charge in [0, 0.05) is 6.04 Å². The van der Waals surface area contributed by atoms with Gasteiger partial charge in [-0.1, -0.05) is 19.3 Å². The fourth-order valence-electron chi connectivity index (χ4n) is 2.99. The van der Waals surface area contributed by atoms with E-state index < -0.39 is 0 Å². The molecule has 2 aliphatic rings. The molecule has 1 heterocycles. The van der Waals surface area contributed by atoms with Gasteiger partial charge in [0.25, 0.3) is 0 Å². The van der Waals surface area contributed by atoms with E-state index in [0.717, 1.165) is 0 Å². The zero-order valence-electron chi connectivity index (χ0n) is 9.08. The largest absolute Gasteiger partial charge is 0.302 e. The highest BCUT2D eigenvalue weighted by atomic mass is 15.2. The van der Waals surface area contributed by atoms with Crippen LogP contribution >= 0.6 is 0 Å². The van der Waals surface area contributed by atoms with Crippen molar-refractivity contribution in [1.29, 1.82) is 5.26 Å². The fraction of sp³-hybridized carbons (Fsp3) is 0.917. The van der Waals surface area contributed by atoms with Gasteiger partial charge in [-0.25, -0.2) is 0 Å². The molecule has 78 valence electrons. The molecule has 2 fully saturated rings. The smallest absolute Gasteiger partial charge is 0.0675 e. The highest BCUT2D eigenvalue weighted by Gasteiger charge is 2.37. The molecule has 2 heteroatoms. The van der Waals surface area contributed by atoms with E-state index in [9.17, 15) is 5.26 Å². The highest BCUT2D eigenvalue weighted by molar-refractivity contribution is 5.00. The van der Waals surface area contributed by atoms with Crippen LogP contribution in [0.5, 0.6) is 0 Å². The molecule has 0 N–H and O–H groups in total. The summed E-state index contributed by atoms with van der Waals surface area (Å²) >= 11 is 0. The summed E-state index contributed by atoms with van der Waals surface area (Å²) in [5.74, 6) is 1.01. The predicted molar refractivity (Wildman–Crippen MR) is 56.7 cm³/mol. The molecular formula is C12H20N2. The summed E-state index contributed by atoms with van der Waals surface area (Å²) in [4.78, 5) is 2.35. The van der Waals surface area contributed by atoms with Crippen LogP contribution in [0.2, 0.25) is 0 Å². The number of hydrogen-bond acceptors (Lipinski definition) is 2. The molecule has 0 bridgehead atoms. The summed E-state index contributed by atoms with van der Waals surface area (Å²) in [5.41, 5.74) is 0. The summed E-state index contributed by atoms with van der Waals surface area (Å²) in [6.45, 7) is 1.19. The van der Waals surface area contributed by atoms with E-state index in [1.54, 1.807) is 0 Å². The lowest BCUT2D eigenvalue weighted by Crippen LogP contribution is -2.51. The van der Waals surface area contributed by atoms with Crippen LogP contribution in [0.15, 0.2) is 0 Å². The first-order valence-electron chi connectivity index (χ1n) is 5.93. The molecule has 2 nitrogen and oxygen atoms in total. The van der Waals surface area contributed by atoms with Gasteiger partial charge in [-0.3, -0.25) is 0 Å². The van der Waals surface area contributed by atoms with Gasteiger partial charge in [-0.2, -0.15) is 5.26 Å². The minimum atomic E-state index is 0.314. The first-order valence-corrected chi connectivity index (χ1v) is 5.93. The molecule has 1 aliphatic carbocycles. The van der Waals surface area contributed by atoms with Gasteiger partial charge in [-0.15, -0.1) is 0 Å². The Morgan fingerprint density at radius 3 is 2.36 bits per heavy atom. The molecule has 1 aliphatic heterocycles. The van der Waals surface area contributed by atoms with E-state index in [4.69, 9.17) is 0 Å². The van der Waals surface area contributed by atoms with Gasteiger partial charge in [0.15, 0.2) is 0 Å². The first-order chi connectivity index (χ1) is 6.83. The Balaban J connectivity index is 1.94. The third-order valence-electron chi connectivity index (χ3n) is 4.07. The Hall–Kier alpha value is -0.550. The van der Waals surface area contributed by atoms with Crippen molar-refractivity contribution in [3.63, 3.8) is 0 Å². The van der Waals surface area contributed by atoms with Crippen molar-refractivity contribution in [2.24, 2.45) is 11.8 Å². The maximum Gasteiger partial charge on any atom is 0.0675 e. The molecule has 0 aromatic rings. The SMILES string of the molecule is CN1CCC1C(C#N)C1CCCCC1. The minimum Gasteiger partial charge on any atom is -0.302 e. The molecule has 0 amide bonds. The van der Waals surface area contributed by atoms with E-state index in [1.807, 2.05) is 0 Å². The van der Waals surface area contributed by atoms with E-state index in [2.05, 4.69) is 18.0 Å². The monoisotopic (exact) mass is 192 g/mol. The molecule has 14 heavy (non-hydrogen) atoms. The van der Waals surface area contributed by atoms with Crippen LogP contribution in [0.3, 0.4) is 0 Å². The van der Waals surface area contributed by atoms with Crippen LogP contribution in [0.25, 0.3) is 0 Å². The summed E-state index contributed by atoms with van der Waals surface area (Å²) in [5, 5.41) is 9.25. The molecule has 0 aromatic carbocycles. The minimum absolute atomic E-state index is 0.314. The van der Waals surface area contributed by atoms with Crippen LogP contribution in [0.4, 0.5) is 0 Å². The second-order valence-corrected chi connectivity index (χ2v) is 4.89. The highest BCUT2D eigenvalue weighted by Crippen LogP contribution is 2.36. The lowest BCUT2D eigenvalue weighted by Gasteiger charge is -2.43. The van der Waals surface area contributed by atoms with Crippen molar-refractivity contribution in [3.8, 4) is 6.07 Å². The molecule has 2 rings (SSSR count). The number of likely N-dealkylation sites (tertiary alicyclic amines) is 1. The van der Waals surface area contributed by atoms with Crippen LogP contribution in [-0.2, 0) is 0 Å². The standard InChI is InChI=1S/C12H20N2/c1-14-8-7-12(14)11(9-13)10-5-3-2-4-6-10/h10-12H,2-8H2,1H3. The van der Waals surface area contributed by atoms with Crippen molar-refractivity contribution >= 4 is 0 Å². The third-order valence-corrected chi connectivity index (χ3v) is 4.07. The Kier molecular flexibility index (Phi) is 3.08. The molecule has 1 saturated heterocycles. The fourth-order valence-corrected chi connectivity index (χ4v) is 2.99. The number of nitriles is 1. The molecule has 2 unspecified atom stereocenters. The third kappa shape index (κ3) is 1.79. The quantitative estimate of drug-likeness (QED) is 0.672. The van der Waals surface area contributed by atoms with E-state index in [-0.39, 0.29) is 0 Å². The van der Waals surface area contributed by atoms with Crippen molar-refractivity contribution in [1.82, 2.24) is 4.90 Å². The number of rotatable bonds is 2. The predicted octanol–water partition coefficient (Wildman–Crippen LogP) is 2.41. The van der Waals surface area contributed by atoms with Gasteiger partial charge in [-0.05, 0) is 38.8 Å². The zero-order valence-corrected chi connectivity index (χ0v) is 9.08. The summed E-state index contributed by atoms with van der Waals surface area (Å²) in [6.07, 6.45) is 7.91. The van der Waals surface area contributed by atoms with Gasteiger partial charge in [0.1, 0.15) is 0 Å². The molecule has 0 spiro atoms. The van der Waals surface area contributed by atoms with Crippen LogP contribution in [0, 0.1) is 23.2 Å². The van der Waals surface area contributed by atoms with Crippen molar-refractivity contribution in [3.05, 3.63) is 0 Å². The number of nitrogens with zero attached hydrogens (tertiary/aromatic N) is 2. The lowest BCUT2D eigenvalue weighted by atomic mass is 9.74. The Labute approximate surface area is 86.9 Å². The zero-order chi connectivity index (χ0) is 9.97. The molecule has 1 saturated carbocycles. The maximum atomic E-state index is 9.25. The van der Waals surface area contributed by atoms with Crippen molar-refractivity contribution in [2.45, 2.75) is 44.6 Å². The lowest BCUT2D eigenvalue weighted by molar-refractivity contribution is 0.0601. The van der Waals surface area contributed by atoms with Crippen molar-refractivity contribution < 1.29 is 0 Å². The van der Waals surface area contributed by atoms with Gasteiger partial charge in [0.05, 0.1) is 12.0 Å². The van der Waals surface area contributed by atoms with Crippen LogP contribution < -0.4 is 0 Å². The topological polar surface area (TPSA) is 27.0 Å². The Morgan fingerprint density at radius 1 is 1.21 bits per heavy atom. The second kappa shape index (κ2) is 4.31. The summed E-state index contributed by atoms with van der Waals surface area (Å²) in [7, 11) is 2.15. The Morgan fingerprint density at radius 2 is 1.93 bits per heavy atom. The molecule has 2 atom stereocenters. The maximum absolute atomic E-state index is 9.25. The van der Waals surface area contributed by atoms with Gasteiger partial charge >= 0.3 is 0 Å². The summed E-state index contributed by atoms with van der Waals surface area (Å²) < 4.78 is 0. The molecular weight excluding hydrogens is 172 g/mol. The van der Waals surface area contributed by atoms with Crippen LogP contribution in [-0.4, -0.2) is 24.5 Å². The van der Waals surface area contributed by atoms with E-state index >= 15 is 0 Å². The normalized spacial score (nSPS) is 31.9. The van der Waals surface area contributed by atoms with Crippen LogP contribution in [0.1, 0.15) is 38.5 Å². The van der Waals surface area contributed by atoms with E-state index in [1.165, 1.54) is 45.1 Å². The second-order valence-electron chi connectivity index (χ2n) is 4.89. The summed E-state index contributed by atoms with van der Waals surface area (Å²) in [6, 6.07) is 3.13. The average molecular weight is 192 g/mol. The number of hydrogen-bond donors (Lipinski definition) is 0. The van der Waals surface area contributed by atoms with E-state index in [0.29, 0.717) is 17.9 Å². The first kappa shape index (κ1) is 9.98. The van der Waals surface area contributed by atoms with Crippen molar-refractivity contribution in [2.75, 3.05) is 13.6 Å². The average Bonchev–Trinajstić information content (AvgIpc) is 2.24. The van der Waals surface area contributed by atoms with Gasteiger partial charge < -0.3 is 4.90 Å². The van der Waals surface area contributed by atoms with Gasteiger partial charge in [0.2, 0.25) is 0 Å². The molecule has 0 radical (unpaired) electrons. The molecule has 0 aromatic heterocycles. The Bertz CT molecular complexity index is 225.